The van der Waals surface area contributed by atoms with E-state index in [1.807, 2.05) is 36.4 Å². The maximum Gasteiger partial charge on any atom is 0.118 e. The Morgan fingerprint density at radius 2 is 1.75 bits per heavy atom. The van der Waals surface area contributed by atoms with Gasteiger partial charge in [0.1, 0.15) is 17.0 Å². The zero-order valence-corrected chi connectivity index (χ0v) is 16.0. The Kier molecular flexibility index (Phi) is 6.06. The first-order valence-electron chi connectivity index (χ1n) is 8.14. The molecule has 1 aromatic heterocycles. The van der Waals surface area contributed by atoms with E-state index in [2.05, 4.69) is 9.97 Å². The number of phenolic OH excluding ortho intramolecular Hbond substituents is 1. The van der Waals surface area contributed by atoms with Gasteiger partial charge in [0, 0.05) is 14.7 Å². The quantitative estimate of drug-likeness (QED) is 0.469. The van der Waals surface area contributed by atoms with Crippen molar-refractivity contribution in [3.05, 3.63) is 67.0 Å². The van der Waals surface area contributed by atoms with Gasteiger partial charge in [0.2, 0.25) is 0 Å². The molecule has 5 nitrogen and oxygen atoms in total. The number of hydrogen-bond donors (Lipinski definition) is 2. The second-order valence-electron chi connectivity index (χ2n) is 5.73. The molecule has 3 aromatic carbocycles. The summed E-state index contributed by atoms with van der Waals surface area (Å²) >= 11 is 1.60. The van der Waals surface area contributed by atoms with E-state index in [1.54, 1.807) is 37.3 Å². The molecule has 1 heterocycles. The van der Waals surface area contributed by atoms with Gasteiger partial charge in [-0.3, -0.25) is 0 Å². The van der Waals surface area contributed by atoms with Crippen molar-refractivity contribution in [3.8, 4) is 11.5 Å². The van der Waals surface area contributed by atoms with E-state index in [0.29, 0.717) is 15.3 Å². The van der Waals surface area contributed by atoms with Crippen LogP contribution in [0.25, 0.3) is 11.0 Å². The molecule has 0 aliphatic heterocycles. The summed E-state index contributed by atoms with van der Waals surface area (Å²) in [5, 5.41) is 9.43. The van der Waals surface area contributed by atoms with Crippen molar-refractivity contribution in [2.45, 2.75) is 27.0 Å². The molecule has 0 fully saturated rings. The number of H-pyrrole nitrogens is 1. The van der Waals surface area contributed by atoms with E-state index in [4.69, 9.17) is 4.74 Å². The fraction of sp³-hybridized carbons (Fsp3) is 0.0952. The van der Waals surface area contributed by atoms with Crippen molar-refractivity contribution >= 4 is 33.6 Å². The van der Waals surface area contributed by atoms with Gasteiger partial charge < -0.3 is 14.8 Å². The summed E-state index contributed by atoms with van der Waals surface area (Å²) in [6.45, 7) is 0. The molecule has 0 saturated carbocycles. The number of ether oxygens (including phenoxy) is 1. The first-order chi connectivity index (χ1) is 13.2. The minimum Gasteiger partial charge on any atom is -0.508 e. The van der Waals surface area contributed by atoms with Gasteiger partial charge >= 0.3 is 0 Å². The van der Waals surface area contributed by atoms with Crippen LogP contribution in [0.1, 0.15) is 7.43 Å². The average Bonchev–Trinajstić information content (AvgIpc) is 3.19. The van der Waals surface area contributed by atoms with Crippen molar-refractivity contribution < 1.29 is 14.1 Å². The predicted octanol–water partition coefficient (Wildman–Crippen LogP) is 5.23. The minimum atomic E-state index is -1.39. The molecule has 0 aliphatic carbocycles. The fourth-order valence-electron chi connectivity index (χ4n) is 2.68. The minimum absolute atomic E-state index is 0. The maximum absolute atomic E-state index is 13.0. The Morgan fingerprint density at radius 3 is 2.43 bits per heavy atom. The molecule has 4 rings (SSSR count). The lowest BCUT2D eigenvalue weighted by molar-refractivity contribution is 0.414. The van der Waals surface area contributed by atoms with Crippen molar-refractivity contribution in [2.24, 2.45) is 0 Å². The summed E-state index contributed by atoms with van der Waals surface area (Å²) in [4.78, 5) is 10.9. The second-order valence-corrected chi connectivity index (χ2v) is 8.29. The number of rotatable bonds is 5. The third-order valence-corrected chi connectivity index (χ3v) is 6.54. The van der Waals surface area contributed by atoms with Crippen LogP contribution in [0, 0.1) is 0 Å². The monoisotopic (exact) mass is 412 g/mol. The molecule has 28 heavy (non-hydrogen) atoms. The van der Waals surface area contributed by atoms with Gasteiger partial charge in [-0.1, -0.05) is 19.2 Å². The van der Waals surface area contributed by atoms with Crippen LogP contribution in [-0.4, -0.2) is 26.4 Å². The number of aromatic hydroxyl groups is 1. The van der Waals surface area contributed by atoms with Crippen LogP contribution < -0.4 is 4.74 Å². The van der Waals surface area contributed by atoms with Crippen molar-refractivity contribution in [2.75, 3.05) is 7.11 Å². The smallest absolute Gasteiger partial charge is 0.118 e. The Hall–Kier alpha value is -2.77. The summed E-state index contributed by atoms with van der Waals surface area (Å²) in [6.07, 6.45) is 1.61. The van der Waals surface area contributed by atoms with Crippen LogP contribution in [0.4, 0.5) is 0 Å². The molecule has 2 N–H and O–H groups in total. The number of aromatic amines is 1. The standard InChI is InChI=1S/C20H16N2O3S2.CH4/c1-25-14-4-6-15(7-5-14)26-17-10-11-18(20-19(17)21-12-22-20)27(24)16-8-2-13(23)3-9-16;/h2-12,23H,1H3,(H,21,22);1H4. The Labute approximate surface area is 170 Å². The molecule has 4 aromatic rings. The van der Waals surface area contributed by atoms with Crippen LogP contribution in [0.15, 0.2) is 86.6 Å². The number of phenols is 1. The van der Waals surface area contributed by atoms with Crippen molar-refractivity contribution in [3.63, 3.8) is 0 Å². The number of hydrogen-bond acceptors (Lipinski definition) is 5. The highest BCUT2D eigenvalue weighted by Gasteiger charge is 2.16. The molecule has 1 unspecified atom stereocenters. The van der Waals surface area contributed by atoms with Gasteiger partial charge in [-0.25, -0.2) is 9.19 Å². The van der Waals surface area contributed by atoms with E-state index in [1.165, 1.54) is 12.1 Å². The van der Waals surface area contributed by atoms with Crippen LogP contribution in [0.5, 0.6) is 11.5 Å². The molecule has 0 amide bonds. The number of benzene rings is 3. The predicted molar refractivity (Wildman–Crippen MR) is 113 cm³/mol. The number of nitrogens with zero attached hydrogens (tertiary/aromatic N) is 1. The molecule has 144 valence electrons. The molecule has 7 heteroatoms. The Balaban J connectivity index is 0.00000225. The number of imidazole rings is 1. The molecular formula is C21H20N2O3S2. The molecule has 0 bridgehead atoms. The lowest BCUT2D eigenvalue weighted by Crippen LogP contribution is -1.94. The van der Waals surface area contributed by atoms with E-state index < -0.39 is 10.8 Å². The zero-order valence-electron chi connectivity index (χ0n) is 14.4. The van der Waals surface area contributed by atoms with E-state index in [-0.39, 0.29) is 13.2 Å². The zero-order chi connectivity index (χ0) is 18.8. The van der Waals surface area contributed by atoms with Gasteiger partial charge in [-0.05, 0) is 60.7 Å². The maximum atomic E-state index is 13.0. The Morgan fingerprint density at radius 1 is 1.04 bits per heavy atom. The summed E-state index contributed by atoms with van der Waals surface area (Å²) in [6, 6.07) is 18.0. The SMILES string of the molecule is C.COc1ccc(Sc2ccc(S(=O)c3ccc(O)cc3)c3nc[nH]c23)cc1. The molecule has 1 atom stereocenters. The third-order valence-electron chi connectivity index (χ3n) is 4.04. The average molecular weight is 413 g/mol. The first kappa shape index (κ1) is 20.0. The second kappa shape index (κ2) is 8.50. The van der Waals surface area contributed by atoms with Gasteiger partial charge in [0.25, 0.3) is 0 Å². The summed E-state index contributed by atoms with van der Waals surface area (Å²) < 4.78 is 18.2. The van der Waals surface area contributed by atoms with Crippen LogP contribution >= 0.6 is 11.8 Å². The molecule has 0 saturated heterocycles. The van der Waals surface area contributed by atoms with Gasteiger partial charge in [-0.15, -0.1) is 0 Å². The number of methoxy groups -OCH3 is 1. The fourth-order valence-corrected chi connectivity index (χ4v) is 4.76. The van der Waals surface area contributed by atoms with Crippen LogP contribution in [0.2, 0.25) is 0 Å². The molecular weight excluding hydrogens is 392 g/mol. The van der Waals surface area contributed by atoms with E-state index >= 15 is 0 Å². The highest BCUT2D eigenvalue weighted by atomic mass is 32.2. The first-order valence-corrected chi connectivity index (χ1v) is 10.1. The van der Waals surface area contributed by atoms with Crippen molar-refractivity contribution in [1.29, 1.82) is 0 Å². The highest BCUT2D eigenvalue weighted by molar-refractivity contribution is 7.99. The van der Waals surface area contributed by atoms with E-state index in [9.17, 15) is 9.32 Å². The number of aromatic nitrogens is 2. The topological polar surface area (TPSA) is 75.2 Å². The van der Waals surface area contributed by atoms with Gasteiger partial charge in [0.05, 0.1) is 34.6 Å². The lowest BCUT2D eigenvalue weighted by Gasteiger charge is -2.08. The summed E-state index contributed by atoms with van der Waals surface area (Å²) in [5.41, 5.74) is 1.53. The van der Waals surface area contributed by atoms with Crippen molar-refractivity contribution in [1.82, 2.24) is 9.97 Å². The normalized spacial score (nSPS) is 11.8. The Bertz CT molecular complexity index is 1110. The number of fused-ring (bicyclic) bond motifs is 1. The number of nitrogens with one attached hydrogen (secondary N) is 1. The van der Waals surface area contributed by atoms with Crippen LogP contribution in [-0.2, 0) is 10.8 Å². The third kappa shape index (κ3) is 3.90. The van der Waals surface area contributed by atoms with Gasteiger partial charge in [-0.2, -0.15) is 0 Å². The lowest BCUT2D eigenvalue weighted by atomic mass is 10.3. The summed E-state index contributed by atoms with van der Waals surface area (Å²) in [7, 11) is 0.256. The van der Waals surface area contributed by atoms with Crippen LogP contribution in [0.3, 0.4) is 0 Å². The molecule has 0 spiro atoms. The highest BCUT2D eigenvalue weighted by Crippen LogP contribution is 2.35. The molecule has 0 aliphatic rings. The van der Waals surface area contributed by atoms with E-state index in [0.717, 1.165) is 21.1 Å². The molecule has 0 radical (unpaired) electrons. The largest absolute Gasteiger partial charge is 0.508 e. The summed E-state index contributed by atoms with van der Waals surface area (Å²) in [5.74, 6) is 0.956. The van der Waals surface area contributed by atoms with Gasteiger partial charge in [0.15, 0.2) is 0 Å².